The highest BCUT2D eigenvalue weighted by Gasteiger charge is 2.23. The molecule has 0 fully saturated rings. The van der Waals surface area contributed by atoms with Crippen molar-refractivity contribution in [3.8, 4) is 0 Å². The number of carbonyl (C=O) groups is 1. The van der Waals surface area contributed by atoms with Gasteiger partial charge >= 0.3 is 0 Å². The molecule has 1 aromatic carbocycles. The van der Waals surface area contributed by atoms with Crippen LogP contribution in [0.1, 0.15) is 49.5 Å². The molecule has 2 rings (SSSR count). The molecular formula is C15H22N2O. The van der Waals surface area contributed by atoms with Crippen LogP contribution in [0.3, 0.4) is 0 Å². The molecule has 1 aliphatic heterocycles. The van der Waals surface area contributed by atoms with Gasteiger partial charge in [-0.3, -0.25) is 4.79 Å². The molecule has 0 saturated carbocycles. The standard InChI is InChI=1S/C15H22N2O/c1-9(2)11-5-6-13-12(7-11)15(18)17-14(8-16-13)10(3)4/h5-7,9-10,14,16H,8H2,1-4H3,(H,17,18). The van der Waals surface area contributed by atoms with E-state index in [1.807, 2.05) is 12.1 Å². The summed E-state index contributed by atoms with van der Waals surface area (Å²) in [7, 11) is 0. The molecule has 1 unspecified atom stereocenters. The lowest BCUT2D eigenvalue weighted by Gasteiger charge is -2.19. The minimum atomic E-state index is 0.0381. The van der Waals surface area contributed by atoms with Crippen LogP contribution >= 0.6 is 0 Å². The maximum atomic E-state index is 12.2. The van der Waals surface area contributed by atoms with E-state index in [-0.39, 0.29) is 11.9 Å². The third-order valence-electron chi connectivity index (χ3n) is 3.59. The summed E-state index contributed by atoms with van der Waals surface area (Å²) in [6.07, 6.45) is 0. The number of carbonyl (C=O) groups excluding carboxylic acids is 1. The minimum Gasteiger partial charge on any atom is -0.382 e. The maximum absolute atomic E-state index is 12.2. The summed E-state index contributed by atoms with van der Waals surface area (Å²) < 4.78 is 0. The summed E-state index contributed by atoms with van der Waals surface area (Å²) in [6, 6.07) is 6.31. The molecule has 3 heteroatoms. The first-order valence-electron chi connectivity index (χ1n) is 6.67. The molecule has 1 atom stereocenters. The molecule has 0 aromatic heterocycles. The molecule has 0 saturated heterocycles. The van der Waals surface area contributed by atoms with Crippen LogP contribution in [0.4, 0.5) is 5.69 Å². The number of anilines is 1. The molecule has 0 aliphatic carbocycles. The molecule has 0 spiro atoms. The third-order valence-corrected chi connectivity index (χ3v) is 3.59. The van der Waals surface area contributed by atoms with E-state index in [1.54, 1.807) is 0 Å². The first-order valence-corrected chi connectivity index (χ1v) is 6.67. The number of hydrogen-bond acceptors (Lipinski definition) is 2. The Morgan fingerprint density at radius 2 is 1.94 bits per heavy atom. The van der Waals surface area contributed by atoms with Crippen molar-refractivity contribution in [1.29, 1.82) is 0 Å². The second-order valence-electron chi connectivity index (χ2n) is 5.66. The summed E-state index contributed by atoms with van der Waals surface area (Å²) in [5, 5.41) is 6.47. The van der Waals surface area contributed by atoms with Gasteiger partial charge in [0.1, 0.15) is 0 Å². The van der Waals surface area contributed by atoms with Gasteiger partial charge in [0.2, 0.25) is 0 Å². The summed E-state index contributed by atoms with van der Waals surface area (Å²) in [5.74, 6) is 0.906. The van der Waals surface area contributed by atoms with Gasteiger partial charge in [-0.05, 0) is 29.5 Å². The van der Waals surface area contributed by atoms with Crippen molar-refractivity contribution in [2.45, 2.75) is 39.7 Å². The molecule has 18 heavy (non-hydrogen) atoms. The van der Waals surface area contributed by atoms with Crippen LogP contribution in [0.2, 0.25) is 0 Å². The number of rotatable bonds is 2. The monoisotopic (exact) mass is 246 g/mol. The van der Waals surface area contributed by atoms with Crippen LogP contribution in [0, 0.1) is 5.92 Å². The van der Waals surface area contributed by atoms with Gasteiger partial charge in [-0.1, -0.05) is 33.8 Å². The van der Waals surface area contributed by atoms with Gasteiger partial charge in [-0.2, -0.15) is 0 Å². The van der Waals surface area contributed by atoms with E-state index in [4.69, 9.17) is 0 Å². The van der Waals surface area contributed by atoms with Crippen molar-refractivity contribution in [2.75, 3.05) is 11.9 Å². The fourth-order valence-electron chi connectivity index (χ4n) is 2.18. The average molecular weight is 246 g/mol. The SMILES string of the molecule is CC(C)c1ccc2c(c1)C(=O)NC(C(C)C)CN2. The Morgan fingerprint density at radius 1 is 1.22 bits per heavy atom. The zero-order valence-electron chi connectivity index (χ0n) is 11.6. The zero-order chi connectivity index (χ0) is 13.3. The molecular weight excluding hydrogens is 224 g/mol. The predicted octanol–water partition coefficient (Wildman–Crippen LogP) is 2.99. The molecule has 2 N–H and O–H groups in total. The maximum Gasteiger partial charge on any atom is 0.253 e. The fourth-order valence-corrected chi connectivity index (χ4v) is 2.18. The van der Waals surface area contributed by atoms with Gasteiger partial charge in [0, 0.05) is 18.3 Å². The van der Waals surface area contributed by atoms with E-state index < -0.39 is 0 Å². The van der Waals surface area contributed by atoms with Gasteiger partial charge in [0.15, 0.2) is 0 Å². The Kier molecular flexibility index (Phi) is 3.60. The highest BCUT2D eigenvalue weighted by Crippen LogP contribution is 2.24. The lowest BCUT2D eigenvalue weighted by atomic mass is 9.99. The van der Waals surface area contributed by atoms with Crippen LogP contribution < -0.4 is 10.6 Å². The van der Waals surface area contributed by atoms with E-state index in [0.717, 1.165) is 17.8 Å². The van der Waals surface area contributed by atoms with Gasteiger partial charge in [0.25, 0.3) is 5.91 Å². The number of nitrogens with one attached hydrogen (secondary N) is 2. The van der Waals surface area contributed by atoms with Crippen LogP contribution in [-0.2, 0) is 0 Å². The van der Waals surface area contributed by atoms with Gasteiger partial charge in [0.05, 0.1) is 5.56 Å². The second-order valence-corrected chi connectivity index (χ2v) is 5.66. The van der Waals surface area contributed by atoms with Crippen LogP contribution in [-0.4, -0.2) is 18.5 Å². The van der Waals surface area contributed by atoms with Gasteiger partial charge in [-0.15, -0.1) is 0 Å². The van der Waals surface area contributed by atoms with Gasteiger partial charge < -0.3 is 10.6 Å². The Morgan fingerprint density at radius 3 is 2.56 bits per heavy atom. The smallest absolute Gasteiger partial charge is 0.253 e. The molecule has 98 valence electrons. The first kappa shape index (κ1) is 12.9. The Bertz CT molecular complexity index is 452. The normalized spacial score (nSPS) is 19.2. The van der Waals surface area contributed by atoms with Crippen molar-refractivity contribution < 1.29 is 4.79 Å². The molecule has 0 radical (unpaired) electrons. The number of hydrogen-bond donors (Lipinski definition) is 2. The van der Waals surface area contributed by atoms with E-state index in [2.05, 4.69) is 44.4 Å². The summed E-state index contributed by atoms with van der Waals surface area (Å²) in [6.45, 7) is 9.32. The Hall–Kier alpha value is -1.51. The largest absolute Gasteiger partial charge is 0.382 e. The summed E-state index contributed by atoms with van der Waals surface area (Å²) in [5.41, 5.74) is 2.91. The fraction of sp³-hybridized carbons (Fsp3) is 0.533. The van der Waals surface area contributed by atoms with E-state index >= 15 is 0 Å². The number of fused-ring (bicyclic) bond motifs is 1. The minimum absolute atomic E-state index is 0.0381. The number of benzene rings is 1. The molecule has 0 bridgehead atoms. The van der Waals surface area contributed by atoms with Crippen LogP contribution in [0.5, 0.6) is 0 Å². The van der Waals surface area contributed by atoms with Crippen molar-refractivity contribution in [2.24, 2.45) is 5.92 Å². The van der Waals surface area contributed by atoms with E-state index in [0.29, 0.717) is 11.8 Å². The van der Waals surface area contributed by atoms with Crippen molar-refractivity contribution >= 4 is 11.6 Å². The third kappa shape index (κ3) is 2.50. The second kappa shape index (κ2) is 5.01. The summed E-state index contributed by atoms with van der Waals surface area (Å²) >= 11 is 0. The highest BCUT2D eigenvalue weighted by atomic mass is 16.1. The Balaban J connectivity index is 2.33. The molecule has 1 heterocycles. The Labute approximate surface area is 109 Å². The zero-order valence-corrected chi connectivity index (χ0v) is 11.6. The van der Waals surface area contributed by atoms with E-state index in [9.17, 15) is 4.79 Å². The summed E-state index contributed by atoms with van der Waals surface area (Å²) in [4.78, 5) is 12.2. The first-order chi connectivity index (χ1) is 8.49. The predicted molar refractivity (Wildman–Crippen MR) is 75.1 cm³/mol. The molecule has 1 amide bonds. The topological polar surface area (TPSA) is 41.1 Å². The van der Waals surface area contributed by atoms with Crippen LogP contribution in [0.15, 0.2) is 18.2 Å². The highest BCUT2D eigenvalue weighted by molar-refractivity contribution is 6.00. The molecule has 3 nitrogen and oxygen atoms in total. The lowest BCUT2D eigenvalue weighted by Crippen LogP contribution is -2.40. The molecule has 1 aliphatic rings. The molecule has 1 aromatic rings. The van der Waals surface area contributed by atoms with Crippen molar-refractivity contribution in [3.63, 3.8) is 0 Å². The van der Waals surface area contributed by atoms with Gasteiger partial charge in [-0.25, -0.2) is 0 Å². The lowest BCUT2D eigenvalue weighted by molar-refractivity contribution is 0.0933. The van der Waals surface area contributed by atoms with Crippen molar-refractivity contribution in [3.05, 3.63) is 29.3 Å². The number of amides is 1. The van der Waals surface area contributed by atoms with Crippen molar-refractivity contribution in [1.82, 2.24) is 5.32 Å². The van der Waals surface area contributed by atoms with Crippen LogP contribution in [0.25, 0.3) is 0 Å². The average Bonchev–Trinajstić information content (AvgIpc) is 2.48. The van der Waals surface area contributed by atoms with E-state index in [1.165, 1.54) is 5.56 Å². The quantitative estimate of drug-likeness (QED) is 0.842.